The summed E-state index contributed by atoms with van der Waals surface area (Å²) in [6.45, 7) is 4.40. The summed E-state index contributed by atoms with van der Waals surface area (Å²) < 4.78 is 10.3. The minimum absolute atomic E-state index is 0.181. The Bertz CT molecular complexity index is 2000. The van der Waals surface area contributed by atoms with E-state index in [0.717, 1.165) is 27.7 Å². The van der Waals surface area contributed by atoms with Crippen molar-refractivity contribution in [1.29, 1.82) is 0 Å². The first kappa shape index (κ1) is 27.7. The molecule has 11 heteroatoms. The lowest BCUT2D eigenvalue weighted by Gasteiger charge is -2.15. The molecule has 2 N–H and O–H groups in total. The Hall–Kier alpha value is -5.45. The molecule has 0 saturated carbocycles. The van der Waals surface area contributed by atoms with E-state index in [9.17, 15) is 14.4 Å². The van der Waals surface area contributed by atoms with Crippen LogP contribution in [0.5, 0.6) is 0 Å². The van der Waals surface area contributed by atoms with Gasteiger partial charge in [-0.2, -0.15) is 9.84 Å². The molecule has 0 radical (unpaired) electrons. The molecule has 4 aromatic heterocycles. The first-order valence-electron chi connectivity index (χ1n) is 14.0. The fourth-order valence-electron chi connectivity index (χ4n) is 5.52. The maximum Gasteiger partial charge on any atom is 0.290 e. The Morgan fingerprint density at radius 3 is 2.47 bits per heavy atom. The lowest BCUT2D eigenvalue weighted by atomic mass is 10.0. The van der Waals surface area contributed by atoms with Gasteiger partial charge in [0.25, 0.3) is 17.4 Å². The molecule has 4 heterocycles. The summed E-state index contributed by atoms with van der Waals surface area (Å²) in [6.07, 6.45) is 8.12. The van der Waals surface area contributed by atoms with Crippen LogP contribution in [0, 0.1) is 6.92 Å². The van der Waals surface area contributed by atoms with Gasteiger partial charge in [0, 0.05) is 61.5 Å². The first-order valence-corrected chi connectivity index (χ1v) is 14.0. The number of benzene rings is 1. The molecule has 2 amide bonds. The number of amides is 2. The van der Waals surface area contributed by atoms with Gasteiger partial charge >= 0.3 is 0 Å². The zero-order chi connectivity index (χ0) is 30.2. The molecule has 43 heavy (non-hydrogen) atoms. The average molecular weight is 578 g/mol. The number of hydrogen-bond donors (Lipinski definition) is 2. The number of anilines is 1. The number of carbonyl (C=O) groups is 2. The van der Waals surface area contributed by atoms with Crippen LogP contribution in [0.1, 0.15) is 36.0 Å². The van der Waals surface area contributed by atoms with Gasteiger partial charge in [-0.3, -0.25) is 19.1 Å². The van der Waals surface area contributed by atoms with E-state index in [4.69, 9.17) is 4.52 Å². The highest BCUT2D eigenvalue weighted by atomic mass is 16.5. The van der Waals surface area contributed by atoms with Crippen molar-refractivity contribution in [3.8, 4) is 22.4 Å². The van der Waals surface area contributed by atoms with Crippen LogP contribution in [-0.4, -0.2) is 35.9 Å². The Morgan fingerprint density at radius 2 is 1.79 bits per heavy atom. The summed E-state index contributed by atoms with van der Waals surface area (Å²) in [5, 5.41) is 10.8. The van der Waals surface area contributed by atoms with Crippen molar-refractivity contribution in [2.75, 3.05) is 5.32 Å². The second kappa shape index (κ2) is 11.1. The third-order valence-corrected chi connectivity index (χ3v) is 7.53. The number of rotatable bonds is 7. The van der Waals surface area contributed by atoms with Gasteiger partial charge in [0.2, 0.25) is 0 Å². The number of aromatic nitrogens is 5. The molecule has 1 aliphatic rings. The molecule has 5 aromatic rings. The number of pyridine rings is 1. The van der Waals surface area contributed by atoms with Gasteiger partial charge in [0.1, 0.15) is 5.76 Å². The number of carbonyl (C=O) groups excluding carboxylic acids is 2. The van der Waals surface area contributed by atoms with Crippen LogP contribution >= 0.6 is 0 Å². The number of nitrogens with zero attached hydrogens (tertiary/aromatic N) is 5. The molecule has 11 nitrogen and oxygen atoms in total. The summed E-state index contributed by atoms with van der Waals surface area (Å²) >= 11 is 0. The molecule has 1 aromatic carbocycles. The zero-order valence-corrected chi connectivity index (χ0v) is 24.3. The van der Waals surface area contributed by atoms with Crippen molar-refractivity contribution in [1.82, 2.24) is 29.4 Å². The fraction of sp³-hybridized carbons (Fsp3) is 0.219. The highest BCUT2D eigenvalue weighted by Gasteiger charge is 2.21. The van der Waals surface area contributed by atoms with Crippen LogP contribution in [0.25, 0.3) is 33.3 Å². The summed E-state index contributed by atoms with van der Waals surface area (Å²) in [5.74, 6) is 0.392. The van der Waals surface area contributed by atoms with Crippen molar-refractivity contribution in [2.45, 2.75) is 33.2 Å². The van der Waals surface area contributed by atoms with E-state index in [1.165, 1.54) is 4.74 Å². The van der Waals surface area contributed by atoms with E-state index in [1.54, 1.807) is 50.2 Å². The van der Waals surface area contributed by atoms with Crippen molar-refractivity contribution < 1.29 is 14.1 Å². The van der Waals surface area contributed by atoms with E-state index in [0.29, 0.717) is 53.5 Å². The minimum Gasteiger partial charge on any atom is -0.381 e. The van der Waals surface area contributed by atoms with E-state index in [1.807, 2.05) is 49.4 Å². The van der Waals surface area contributed by atoms with Crippen LogP contribution in [-0.2, 0) is 25.4 Å². The second-order valence-electron chi connectivity index (χ2n) is 10.4. The highest BCUT2D eigenvalue weighted by Crippen LogP contribution is 2.32. The standard InChI is InChI=1S/C32H31N7O4/c1-5-39-25(20-9-11-21(12-10-20)27-19(2)43-38(4)32(27)42)18-22-13-15-33-28(29(22)39)31(41)34-24-8-6-7-23(17-24)30(40)35-26-14-16-37(3)36-26/h7,9-18H,5-6,8H2,1-4H3,(H,34,41)(H,35,36,40). The largest absolute Gasteiger partial charge is 0.381 e. The van der Waals surface area contributed by atoms with Crippen LogP contribution in [0.4, 0.5) is 5.82 Å². The van der Waals surface area contributed by atoms with Gasteiger partial charge in [-0.05, 0) is 56.0 Å². The van der Waals surface area contributed by atoms with Crippen molar-refractivity contribution >= 4 is 28.5 Å². The summed E-state index contributed by atoms with van der Waals surface area (Å²) in [6, 6.07) is 13.4. The van der Waals surface area contributed by atoms with Gasteiger partial charge in [-0.1, -0.05) is 30.3 Å². The molecule has 0 spiro atoms. The molecule has 0 fully saturated rings. The summed E-state index contributed by atoms with van der Waals surface area (Å²) in [5.41, 5.74) is 5.13. The molecular weight excluding hydrogens is 546 g/mol. The van der Waals surface area contributed by atoms with E-state index >= 15 is 0 Å². The fourth-order valence-corrected chi connectivity index (χ4v) is 5.52. The molecule has 1 aliphatic carbocycles. The number of hydrogen-bond acceptors (Lipinski definition) is 6. The Balaban J connectivity index is 1.27. The number of aryl methyl sites for hydroxylation is 4. The topological polar surface area (TPSA) is 129 Å². The van der Waals surface area contributed by atoms with E-state index in [-0.39, 0.29) is 17.4 Å². The van der Waals surface area contributed by atoms with Crippen LogP contribution in [0.2, 0.25) is 0 Å². The van der Waals surface area contributed by atoms with Gasteiger partial charge in [0.15, 0.2) is 11.5 Å². The molecule has 0 bridgehead atoms. The summed E-state index contributed by atoms with van der Waals surface area (Å²) in [7, 11) is 3.37. The van der Waals surface area contributed by atoms with Crippen LogP contribution < -0.4 is 16.2 Å². The van der Waals surface area contributed by atoms with Crippen LogP contribution in [0.15, 0.2) is 87.6 Å². The molecule has 0 unspecified atom stereocenters. The number of nitrogens with one attached hydrogen (secondary N) is 2. The molecule has 0 aliphatic heterocycles. The van der Waals surface area contributed by atoms with Crippen molar-refractivity contribution in [2.24, 2.45) is 14.1 Å². The minimum atomic E-state index is -0.343. The van der Waals surface area contributed by atoms with E-state index in [2.05, 4.69) is 25.3 Å². The van der Waals surface area contributed by atoms with Gasteiger partial charge in [0.05, 0.1) is 11.1 Å². The molecular formula is C32H31N7O4. The normalized spacial score (nSPS) is 13.1. The van der Waals surface area contributed by atoms with Crippen molar-refractivity contribution in [3.05, 3.63) is 100 Å². The maximum absolute atomic E-state index is 13.6. The van der Waals surface area contributed by atoms with Gasteiger partial charge in [-0.25, -0.2) is 4.98 Å². The molecule has 6 rings (SSSR count). The number of allylic oxidation sites excluding steroid dienone is 2. The van der Waals surface area contributed by atoms with Gasteiger partial charge < -0.3 is 19.7 Å². The SMILES string of the molecule is CCn1c(-c2ccc(-c3c(C)on(C)c3=O)cc2)cc2ccnc(C(=O)NC3=CC(C(=O)Nc4ccn(C)n4)=CCC3)c21. The maximum atomic E-state index is 13.6. The third kappa shape index (κ3) is 5.21. The number of fused-ring (bicyclic) bond motifs is 1. The molecule has 0 saturated heterocycles. The first-order chi connectivity index (χ1) is 20.7. The smallest absolute Gasteiger partial charge is 0.290 e. The lowest BCUT2D eigenvalue weighted by Crippen LogP contribution is -2.26. The monoisotopic (exact) mass is 577 g/mol. The zero-order valence-electron chi connectivity index (χ0n) is 24.3. The Kier molecular flexibility index (Phi) is 7.14. The highest BCUT2D eigenvalue weighted by molar-refractivity contribution is 6.07. The van der Waals surface area contributed by atoms with Gasteiger partial charge in [-0.15, -0.1) is 0 Å². The third-order valence-electron chi connectivity index (χ3n) is 7.53. The van der Waals surface area contributed by atoms with Crippen LogP contribution in [0.3, 0.4) is 0 Å². The lowest BCUT2D eigenvalue weighted by molar-refractivity contribution is -0.112. The van der Waals surface area contributed by atoms with Crippen molar-refractivity contribution in [3.63, 3.8) is 0 Å². The Morgan fingerprint density at radius 1 is 1.02 bits per heavy atom. The van der Waals surface area contributed by atoms with E-state index < -0.39 is 0 Å². The predicted octanol–water partition coefficient (Wildman–Crippen LogP) is 4.70. The average Bonchev–Trinajstić information content (AvgIpc) is 3.66. The predicted molar refractivity (Wildman–Crippen MR) is 163 cm³/mol. The Labute approximate surface area is 247 Å². The second-order valence-corrected chi connectivity index (χ2v) is 10.4. The molecule has 218 valence electrons. The summed E-state index contributed by atoms with van der Waals surface area (Å²) in [4.78, 5) is 43.4. The quantitative estimate of drug-likeness (QED) is 0.289. The molecule has 0 atom stereocenters.